The van der Waals surface area contributed by atoms with Crippen LogP contribution in [0.2, 0.25) is 0 Å². The summed E-state index contributed by atoms with van der Waals surface area (Å²) in [7, 11) is 1.29. The molecule has 0 heterocycles. The molecular formula is C12H14O3. The molecule has 0 aliphatic rings. The summed E-state index contributed by atoms with van der Waals surface area (Å²) in [6.45, 7) is 1.77. The minimum atomic E-state index is -0.666. The zero-order valence-corrected chi connectivity index (χ0v) is 8.84. The zero-order valence-electron chi connectivity index (χ0n) is 8.84. The van der Waals surface area contributed by atoms with Crippen LogP contribution in [-0.4, -0.2) is 19.4 Å². The highest BCUT2D eigenvalue weighted by molar-refractivity contribution is 5.60. The fourth-order valence-corrected chi connectivity index (χ4v) is 1.05. The number of rotatable bonds is 3. The summed E-state index contributed by atoms with van der Waals surface area (Å²) in [6, 6.07) is 9.80. The Morgan fingerprint density at radius 1 is 1.33 bits per heavy atom. The second-order valence-corrected chi connectivity index (χ2v) is 3.05. The lowest BCUT2D eigenvalue weighted by Crippen LogP contribution is -2.12. The topological polar surface area (TPSA) is 35.5 Å². The molecule has 0 amide bonds. The van der Waals surface area contributed by atoms with Crippen LogP contribution in [0, 0.1) is 0 Å². The summed E-state index contributed by atoms with van der Waals surface area (Å²) >= 11 is 0. The highest BCUT2D eigenvalue weighted by Gasteiger charge is 2.04. The van der Waals surface area contributed by atoms with E-state index in [1.807, 2.05) is 36.4 Å². The van der Waals surface area contributed by atoms with Crippen LogP contribution in [0.1, 0.15) is 12.5 Å². The van der Waals surface area contributed by atoms with Gasteiger partial charge in [0.15, 0.2) is 0 Å². The molecule has 1 atom stereocenters. The maximum Gasteiger partial charge on any atom is 0.508 e. The van der Waals surface area contributed by atoms with Gasteiger partial charge in [-0.25, -0.2) is 4.79 Å². The first-order valence-corrected chi connectivity index (χ1v) is 4.70. The van der Waals surface area contributed by atoms with E-state index >= 15 is 0 Å². The van der Waals surface area contributed by atoms with E-state index in [4.69, 9.17) is 4.74 Å². The highest BCUT2D eigenvalue weighted by atomic mass is 16.7. The molecule has 0 aliphatic carbocycles. The summed E-state index contributed by atoms with van der Waals surface area (Å²) in [5.74, 6) is 0. The van der Waals surface area contributed by atoms with Crippen LogP contribution in [0.15, 0.2) is 36.4 Å². The Balaban J connectivity index is 2.47. The third-order valence-corrected chi connectivity index (χ3v) is 1.81. The molecule has 3 nitrogen and oxygen atoms in total. The highest BCUT2D eigenvalue weighted by Crippen LogP contribution is 2.04. The SMILES string of the molecule is COC(=O)O[C@H](C)/C=C/c1ccccc1. The fraction of sp³-hybridized carbons (Fsp3) is 0.250. The van der Waals surface area contributed by atoms with E-state index in [1.54, 1.807) is 13.0 Å². The molecule has 0 saturated carbocycles. The van der Waals surface area contributed by atoms with E-state index < -0.39 is 6.16 Å². The molecule has 0 N–H and O–H groups in total. The molecule has 80 valence electrons. The van der Waals surface area contributed by atoms with Crippen LogP contribution in [0.25, 0.3) is 6.08 Å². The van der Waals surface area contributed by atoms with E-state index in [9.17, 15) is 4.79 Å². The first-order chi connectivity index (χ1) is 7.22. The average Bonchev–Trinajstić information content (AvgIpc) is 2.27. The molecule has 0 aliphatic heterocycles. The Labute approximate surface area is 89.3 Å². The summed E-state index contributed by atoms with van der Waals surface area (Å²) in [6.07, 6.45) is 2.73. The first-order valence-electron chi connectivity index (χ1n) is 4.70. The van der Waals surface area contributed by atoms with E-state index in [0.29, 0.717) is 0 Å². The van der Waals surface area contributed by atoms with Crippen molar-refractivity contribution in [2.75, 3.05) is 7.11 Å². The van der Waals surface area contributed by atoms with Gasteiger partial charge >= 0.3 is 6.16 Å². The van der Waals surface area contributed by atoms with E-state index in [2.05, 4.69) is 4.74 Å². The molecule has 0 fully saturated rings. The van der Waals surface area contributed by atoms with Crippen LogP contribution < -0.4 is 0 Å². The number of carbonyl (C=O) groups excluding carboxylic acids is 1. The third-order valence-electron chi connectivity index (χ3n) is 1.81. The maximum atomic E-state index is 10.8. The summed E-state index contributed by atoms with van der Waals surface area (Å²) in [5.41, 5.74) is 1.07. The molecule has 0 unspecified atom stereocenters. The van der Waals surface area contributed by atoms with Gasteiger partial charge in [0, 0.05) is 0 Å². The predicted molar refractivity (Wildman–Crippen MR) is 58.4 cm³/mol. The monoisotopic (exact) mass is 206 g/mol. The van der Waals surface area contributed by atoms with Gasteiger partial charge in [0.25, 0.3) is 0 Å². The number of hydrogen-bond acceptors (Lipinski definition) is 3. The number of methoxy groups -OCH3 is 1. The molecule has 3 heteroatoms. The van der Waals surface area contributed by atoms with Crippen molar-refractivity contribution in [1.29, 1.82) is 0 Å². The number of ether oxygens (including phenoxy) is 2. The van der Waals surface area contributed by atoms with E-state index in [-0.39, 0.29) is 6.10 Å². The molecule has 1 rings (SSSR count). The van der Waals surface area contributed by atoms with Crippen molar-refractivity contribution in [3.63, 3.8) is 0 Å². The second kappa shape index (κ2) is 5.86. The Morgan fingerprint density at radius 3 is 2.60 bits per heavy atom. The van der Waals surface area contributed by atoms with Gasteiger partial charge in [0.05, 0.1) is 7.11 Å². The second-order valence-electron chi connectivity index (χ2n) is 3.05. The normalized spacial score (nSPS) is 12.4. The van der Waals surface area contributed by atoms with E-state index in [0.717, 1.165) is 5.56 Å². The van der Waals surface area contributed by atoms with Gasteiger partial charge in [-0.3, -0.25) is 0 Å². The largest absolute Gasteiger partial charge is 0.508 e. The van der Waals surface area contributed by atoms with Crippen LogP contribution in [0.5, 0.6) is 0 Å². The minimum Gasteiger partial charge on any atom is -0.438 e. The lowest BCUT2D eigenvalue weighted by Gasteiger charge is -2.06. The lowest BCUT2D eigenvalue weighted by molar-refractivity contribution is 0.0581. The van der Waals surface area contributed by atoms with Crippen molar-refractivity contribution in [1.82, 2.24) is 0 Å². The van der Waals surface area contributed by atoms with Gasteiger partial charge in [-0.1, -0.05) is 36.4 Å². The molecule has 0 aromatic heterocycles. The Morgan fingerprint density at radius 2 is 2.00 bits per heavy atom. The van der Waals surface area contributed by atoms with Crippen LogP contribution >= 0.6 is 0 Å². The van der Waals surface area contributed by atoms with Gasteiger partial charge in [-0.05, 0) is 18.6 Å². The average molecular weight is 206 g/mol. The number of benzene rings is 1. The van der Waals surface area contributed by atoms with Crippen molar-refractivity contribution in [2.24, 2.45) is 0 Å². The molecule has 15 heavy (non-hydrogen) atoms. The zero-order chi connectivity index (χ0) is 11.1. The van der Waals surface area contributed by atoms with Gasteiger partial charge in [0.2, 0.25) is 0 Å². The van der Waals surface area contributed by atoms with Crippen molar-refractivity contribution < 1.29 is 14.3 Å². The van der Waals surface area contributed by atoms with Crippen LogP contribution in [0.3, 0.4) is 0 Å². The fourth-order valence-electron chi connectivity index (χ4n) is 1.05. The van der Waals surface area contributed by atoms with Crippen molar-refractivity contribution in [3.05, 3.63) is 42.0 Å². The third kappa shape index (κ3) is 4.31. The van der Waals surface area contributed by atoms with Crippen molar-refractivity contribution in [3.8, 4) is 0 Å². The molecule has 1 aromatic carbocycles. The maximum absolute atomic E-state index is 10.8. The van der Waals surface area contributed by atoms with Gasteiger partial charge < -0.3 is 9.47 Å². The summed E-state index contributed by atoms with van der Waals surface area (Å²) < 4.78 is 9.25. The smallest absolute Gasteiger partial charge is 0.438 e. The molecule has 0 bridgehead atoms. The lowest BCUT2D eigenvalue weighted by atomic mass is 10.2. The molecule has 0 radical (unpaired) electrons. The molecule has 1 aromatic rings. The Kier molecular flexibility index (Phi) is 4.41. The van der Waals surface area contributed by atoms with Gasteiger partial charge in [0.1, 0.15) is 6.10 Å². The van der Waals surface area contributed by atoms with E-state index in [1.165, 1.54) is 7.11 Å². The Bertz CT molecular complexity index is 330. The van der Waals surface area contributed by atoms with Crippen molar-refractivity contribution >= 4 is 12.2 Å². The van der Waals surface area contributed by atoms with Crippen LogP contribution in [0.4, 0.5) is 4.79 Å². The quantitative estimate of drug-likeness (QED) is 0.713. The predicted octanol–water partition coefficient (Wildman–Crippen LogP) is 2.87. The first kappa shape index (κ1) is 11.3. The van der Waals surface area contributed by atoms with Crippen molar-refractivity contribution in [2.45, 2.75) is 13.0 Å². The molecule has 0 spiro atoms. The Hall–Kier alpha value is -1.77. The molecular weight excluding hydrogens is 192 g/mol. The molecule has 0 saturated heterocycles. The standard InChI is InChI=1S/C12H14O3/c1-10(15-12(13)14-2)8-9-11-6-4-3-5-7-11/h3-10H,1-2H3/b9-8+/t10-/m1/s1. The number of carbonyl (C=O) groups is 1. The summed E-state index contributed by atoms with van der Waals surface area (Å²) in [5, 5.41) is 0. The summed E-state index contributed by atoms with van der Waals surface area (Å²) in [4.78, 5) is 10.8. The minimum absolute atomic E-state index is 0.294. The van der Waals surface area contributed by atoms with Crippen LogP contribution in [-0.2, 0) is 9.47 Å². The number of hydrogen-bond donors (Lipinski definition) is 0. The van der Waals surface area contributed by atoms with Gasteiger partial charge in [-0.15, -0.1) is 0 Å². The van der Waals surface area contributed by atoms with Gasteiger partial charge in [-0.2, -0.15) is 0 Å².